The van der Waals surface area contributed by atoms with Gasteiger partial charge in [-0.15, -0.1) is 22.7 Å². The van der Waals surface area contributed by atoms with Crippen LogP contribution in [-0.2, 0) is 6.42 Å². The van der Waals surface area contributed by atoms with Crippen LogP contribution in [0.1, 0.15) is 58.9 Å². The van der Waals surface area contributed by atoms with Crippen molar-refractivity contribution in [1.82, 2.24) is 0 Å². The van der Waals surface area contributed by atoms with Gasteiger partial charge in [-0.05, 0) is 47.4 Å². The number of fused-ring (bicyclic) bond motifs is 1. The maximum atomic E-state index is 12.9. The molecular weight excluding hydrogens is 473 g/mol. The number of benzene rings is 1. The Hall–Kier alpha value is -1.86. The quantitative estimate of drug-likeness (QED) is 0.381. The van der Waals surface area contributed by atoms with Gasteiger partial charge in [-0.25, -0.2) is 0 Å². The number of carbonyl (C=O) groups is 2. The molecule has 0 fully saturated rings. The highest BCUT2D eigenvalue weighted by Gasteiger charge is 2.33. The fourth-order valence-corrected chi connectivity index (χ4v) is 8.48. The number of ketones is 2. The number of thioether (sulfide) groups is 2. The summed E-state index contributed by atoms with van der Waals surface area (Å²) in [5.41, 5.74) is 2.78. The molecule has 0 atom stereocenters. The molecule has 1 aliphatic heterocycles. The number of carbonyl (C=O) groups excluding carboxylic acids is 2. The van der Waals surface area contributed by atoms with Crippen molar-refractivity contribution in [2.45, 2.75) is 39.0 Å². The lowest BCUT2D eigenvalue weighted by atomic mass is 10.1. The van der Waals surface area contributed by atoms with Crippen LogP contribution in [0.2, 0.25) is 0 Å². The van der Waals surface area contributed by atoms with Gasteiger partial charge in [0, 0.05) is 24.7 Å². The smallest absolute Gasteiger partial charge is 0.199 e. The Balaban J connectivity index is 1.62. The Labute approximate surface area is 203 Å². The molecule has 3 aromatic rings. The summed E-state index contributed by atoms with van der Waals surface area (Å²) >= 11 is 6.98. The second-order valence-electron chi connectivity index (χ2n) is 7.81. The fraction of sp³-hybridized carbons (Fsp3) is 0.231. The molecular formula is C26H22O2S4. The number of thiophene rings is 2. The minimum absolute atomic E-state index is 0.150. The molecule has 5 rings (SSSR count). The molecule has 3 heterocycles. The summed E-state index contributed by atoms with van der Waals surface area (Å²) in [7, 11) is 0. The highest BCUT2D eigenvalue weighted by molar-refractivity contribution is 8.34. The first-order chi connectivity index (χ1) is 15.7. The number of unbranched alkanes of at least 4 members (excludes halogenated alkanes) is 3. The molecule has 2 aromatic heterocycles. The summed E-state index contributed by atoms with van der Waals surface area (Å²) in [5, 5.41) is 4.30. The molecule has 0 unspecified atom stereocenters. The first-order valence-electron chi connectivity index (χ1n) is 10.8. The maximum Gasteiger partial charge on any atom is 0.199 e. The van der Waals surface area contributed by atoms with Gasteiger partial charge in [0.1, 0.15) is 0 Å². The number of rotatable bonds is 5. The highest BCUT2D eigenvalue weighted by Crippen LogP contribution is 2.38. The summed E-state index contributed by atoms with van der Waals surface area (Å²) in [6, 6.07) is 13.4. The number of hydrogen-bond donors (Lipinski definition) is 0. The van der Waals surface area contributed by atoms with E-state index in [2.05, 4.69) is 29.9 Å². The van der Waals surface area contributed by atoms with E-state index in [1.807, 2.05) is 29.5 Å². The largest absolute Gasteiger partial charge is 0.288 e. The minimum atomic E-state index is -0.150. The van der Waals surface area contributed by atoms with Gasteiger partial charge < -0.3 is 0 Å². The lowest BCUT2D eigenvalue weighted by molar-refractivity contribution is 0.102. The minimum Gasteiger partial charge on any atom is -0.288 e. The van der Waals surface area contributed by atoms with E-state index in [1.54, 1.807) is 47.0 Å². The van der Waals surface area contributed by atoms with Crippen LogP contribution in [0.15, 0.2) is 53.3 Å². The van der Waals surface area contributed by atoms with Crippen molar-refractivity contribution < 1.29 is 9.59 Å². The zero-order valence-corrected chi connectivity index (χ0v) is 20.9. The molecule has 0 radical (unpaired) electrons. The van der Waals surface area contributed by atoms with E-state index >= 15 is 0 Å². The average molecular weight is 495 g/mol. The summed E-state index contributed by atoms with van der Waals surface area (Å²) in [6.07, 6.45) is 6.10. The molecule has 162 valence electrons. The summed E-state index contributed by atoms with van der Waals surface area (Å²) < 4.78 is 5.84. The maximum absolute atomic E-state index is 12.9. The van der Waals surface area contributed by atoms with Gasteiger partial charge in [-0.3, -0.25) is 9.59 Å². The van der Waals surface area contributed by atoms with Gasteiger partial charge in [0.15, 0.2) is 11.6 Å². The topological polar surface area (TPSA) is 34.1 Å². The first kappa shape index (κ1) is 22.0. The number of hydrogen-bond acceptors (Lipinski definition) is 6. The van der Waals surface area contributed by atoms with Gasteiger partial charge in [0.05, 0.1) is 14.3 Å². The monoisotopic (exact) mass is 494 g/mol. The van der Waals surface area contributed by atoms with Crippen LogP contribution in [0.4, 0.5) is 0 Å². The van der Waals surface area contributed by atoms with E-state index < -0.39 is 0 Å². The van der Waals surface area contributed by atoms with Crippen molar-refractivity contribution in [3.63, 3.8) is 0 Å². The van der Waals surface area contributed by atoms with Gasteiger partial charge in [-0.1, -0.05) is 74.0 Å². The molecule has 0 saturated carbocycles. The van der Waals surface area contributed by atoms with Gasteiger partial charge >= 0.3 is 0 Å². The molecule has 1 aromatic carbocycles. The standard InChI is InChI=1S/C26H22O2S4/c1-2-3-4-5-8-16-15-21(32-25(16)26-29-13-14-30-26)19-11-12-20(31-19)22-23(27)17-9-6-7-10-18(17)24(22)28/h6-7,9-15H,2-5,8H2,1H3/b21-19+. The SMILES string of the molecule is CCCCCCc1c/c(=c2/ccc(=C3C(=O)c4ccccc4C3=O)s2)sc1=C1SC=CS1. The Morgan fingerprint density at radius 1 is 0.750 bits per heavy atom. The molecule has 2 aliphatic rings. The van der Waals surface area contributed by atoms with Gasteiger partial charge in [0.2, 0.25) is 0 Å². The van der Waals surface area contributed by atoms with Crippen LogP contribution < -0.4 is 9.06 Å². The first-order valence-corrected chi connectivity index (χ1v) is 14.2. The zero-order valence-electron chi connectivity index (χ0n) is 17.7. The van der Waals surface area contributed by atoms with Crippen molar-refractivity contribution in [3.8, 4) is 0 Å². The van der Waals surface area contributed by atoms with Crippen LogP contribution in [0.25, 0.3) is 9.81 Å². The normalized spacial score (nSPS) is 16.4. The predicted molar refractivity (Wildman–Crippen MR) is 140 cm³/mol. The summed E-state index contributed by atoms with van der Waals surface area (Å²) in [5.74, 6) is -0.300. The fourth-order valence-electron chi connectivity index (χ4n) is 4.04. The molecule has 32 heavy (non-hydrogen) atoms. The lowest BCUT2D eigenvalue weighted by Gasteiger charge is -1.99. The van der Waals surface area contributed by atoms with Gasteiger partial charge in [-0.2, -0.15) is 0 Å². The van der Waals surface area contributed by atoms with Crippen LogP contribution in [0.5, 0.6) is 0 Å². The van der Waals surface area contributed by atoms with Crippen molar-refractivity contribution in [1.29, 1.82) is 0 Å². The third-order valence-electron chi connectivity index (χ3n) is 5.67. The van der Waals surface area contributed by atoms with E-state index in [-0.39, 0.29) is 11.6 Å². The molecule has 2 nitrogen and oxygen atoms in total. The Morgan fingerprint density at radius 3 is 2.12 bits per heavy atom. The third kappa shape index (κ3) is 4.10. The third-order valence-corrected chi connectivity index (χ3v) is 10.5. The molecule has 0 amide bonds. The second kappa shape index (κ2) is 9.56. The second-order valence-corrected chi connectivity index (χ2v) is 12.0. The van der Waals surface area contributed by atoms with Crippen molar-refractivity contribution in [3.05, 3.63) is 88.1 Å². The van der Waals surface area contributed by atoms with E-state index in [4.69, 9.17) is 0 Å². The van der Waals surface area contributed by atoms with Crippen molar-refractivity contribution in [2.75, 3.05) is 0 Å². The molecule has 0 spiro atoms. The van der Waals surface area contributed by atoms with Crippen LogP contribution in [0.3, 0.4) is 0 Å². The van der Waals surface area contributed by atoms with Crippen LogP contribution in [0, 0.1) is 9.06 Å². The predicted octanol–water partition coefficient (Wildman–Crippen LogP) is 6.47. The zero-order chi connectivity index (χ0) is 22.1. The Morgan fingerprint density at radius 2 is 1.44 bits per heavy atom. The van der Waals surface area contributed by atoms with Crippen molar-refractivity contribution >= 4 is 67.6 Å². The molecule has 0 saturated heterocycles. The van der Waals surface area contributed by atoms with E-state index in [0.717, 1.165) is 15.5 Å². The summed E-state index contributed by atoms with van der Waals surface area (Å²) in [4.78, 5) is 25.8. The number of aryl methyl sites for hydroxylation is 1. The van der Waals surface area contributed by atoms with Crippen LogP contribution >= 0.6 is 46.2 Å². The highest BCUT2D eigenvalue weighted by atomic mass is 32.2. The van der Waals surface area contributed by atoms with E-state index in [0.29, 0.717) is 16.7 Å². The molecule has 0 N–H and O–H groups in total. The molecule has 6 heteroatoms. The van der Waals surface area contributed by atoms with Gasteiger partial charge in [0.25, 0.3) is 0 Å². The Kier molecular flexibility index (Phi) is 6.56. The lowest BCUT2D eigenvalue weighted by Crippen LogP contribution is -2.10. The van der Waals surface area contributed by atoms with Crippen molar-refractivity contribution in [2.24, 2.45) is 0 Å². The Bertz CT molecular complexity index is 1410. The van der Waals surface area contributed by atoms with Crippen LogP contribution in [-0.4, -0.2) is 11.6 Å². The van der Waals surface area contributed by atoms with E-state index in [1.165, 1.54) is 44.5 Å². The molecule has 1 aliphatic carbocycles. The van der Waals surface area contributed by atoms with E-state index in [9.17, 15) is 9.59 Å². The summed E-state index contributed by atoms with van der Waals surface area (Å²) in [6.45, 7) is 2.24. The molecule has 0 bridgehead atoms. The number of Topliss-reactive ketones (excluding diaryl/α,β-unsaturated/α-hetero) is 2. The average Bonchev–Trinajstić information content (AvgIpc) is 3.59.